The summed E-state index contributed by atoms with van der Waals surface area (Å²) in [4.78, 5) is 3.26. The normalized spacial score (nSPS) is 18.4. The van der Waals surface area contributed by atoms with Gasteiger partial charge < -0.3 is 10.3 Å². The molecule has 0 saturated heterocycles. The van der Waals surface area contributed by atoms with Crippen LogP contribution in [0, 0.1) is 0 Å². The molecular weight excluding hydrogens is 376 g/mol. The van der Waals surface area contributed by atoms with Gasteiger partial charge in [0.25, 0.3) is 0 Å². The maximum absolute atomic E-state index is 12.6. The van der Waals surface area contributed by atoms with E-state index < -0.39 is 10.8 Å². The highest BCUT2D eigenvalue weighted by Gasteiger charge is 2.17. The number of nitrogens with one attached hydrogen (secondary N) is 2. The van der Waals surface area contributed by atoms with Crippen LogP contribution in [-0.2, 0) is 16.6 Å². The van der Waals surface area contributed by atoms with Gasteiger partial charge in [0.1, 0.15) is 0 Å². The molecule has 3 nitrogen and oxygen atoms in total. The van der Waals surface area contributed by atoms with Gasteiger partial charge in [-0.25, -0.2) is 0 Å². The molecule has 2 N–H and O–H groups in total. The molecule has 1 aliphatic rings. The number of benzene rings is 2. The molecule has 0 fully saturated rings. The van der Waals surface area contributed by atoms with Crippen molar-refractivity contribution in [3.05, 3.63) is 77.0 Å². The summed E-state index contributed by atoms with van der Waals surface area (Å²) < 4.78 is 12.6. The van der Waals surface area contributed by atoms with Crippen molar-refractivity contribution >= 4 is 38.9 Å². The molecule has 0 radical (unpaired) electrons. The van der Waals surface area contributed by atoms with E-state index in [1.807, 2.05) is 36.5 Å². The fraction of sp³-hybridized carbons (Fsp3) is 0.273. The van der Waals surface area contributed by atoms with Crippen LogP contribution in [0.4, 0.5) is 0 Å². The zero-order valence-electron chi connectivity index (χ0n) is 15.1. The Morgan fingerprint density at radius 1 is 1.15 bits per heavy atom. The van der Waals surface area contributed by atoms with Crippen LogP contribution < -0.4 is 5.32 Å². The molecule has 1 aliphatic heterocycles. The molecule has 1 aromatic heterocycles. The van der Waals surface area contributed by atoms with Gasteiger partial charge in [-0.1, -0.05) is 48.0 Å². The Kier molecular flexibility index (Phi) is 5.77. The van der Waals surface area contributed by atoms with Crippen LogP contribution in [0.3, 0.4) is 0 Å². The van der Waals surface area contributed by atoms with Crippen molar-refractivity contribution in [3.63, 3.8) is 0 Å². The Morgan fingerprint density at radius 2 is 2.04 bits per heavy atom. The first-order valence-corrected chi connectivity index (χ1v) is 11.1. The standard InChI is InChI=1S/C22H23ClN2OS/c23-19-5-3-4-16(12-19)17-8-10-24-20(13-17)9-11-27(26)15-18-14-25-22-7-2-1-6-21(18)22/h1-8,12,14,20,24-25H,9-11,13,15H2. The van der Waals surface area contributed by atoms with Gasteiger partial charge in [-0.3, -0.25) is 4.21 Å². The molecule has 0 bridgehead atoms. The van der Waals surface area contributed by atoms with Gasteiger partial charge in [0.2, 0.25) is 0 Å². The van der Waals surface area contributed by atoms with Crippen molar-refractivity contribution in [2.75, 3.05) is 12.3 Å². The molecule has 27 heavy (non-hydrogen) atoms. The van der Waals surface area contributed by atoms with Gasteiger partial charge in [0.15, 0.2) is 0 Å². The summed E-state index contributed by atoms with van der Waals surface area (Å²) in [5, 5.41) is 5.47. The van der Waals surface area contributed by atoms with Crippen molar-refractivity contribution in [1.29, 1.82) is 0 Å². The Bertz CT molecular complexity index is 995. The number of fused-ring (bicyclic) bond motifs is 1. The summed E-state index contributed by atoms with van der Waals surface area (Å²) in [7, 11) is -0.867. The molecule has 0 aliphatic carbocycles. The van der Waals surface area contributed by atoms with E-state index in [0.717, 1.165) is 35.5 Å². The molecule has 140 valence electrons. The molecule has 0 amide bonds. The first kappa shape index (κ1) is 18.5. The van der Waals surface area contributed by atoms with E-state index in [1.54, 1.807) is 0 Å². The zero-order valence-corrected chi connectivity index (χ0v) is 16.7. The minimum atomic E-state index is -0.867. The van der Waals surface area contributed by atoms with Gasteiger partial charge in [-0.05, 0) is 47.7 Å². The van der Waals surface area contributed by atoms with E-state index in [1.165, 1.54) is 16.5 Å². The summed E-state index contributed by atoms with van der Waals surface area (Å²) in [5.74, 6) is 1.31. The van der Waals surface area contributed by atoms with Crippen LogP contribution in [0.1, 0.15) is 24.0 Å². The van der Waals surface area contributed by atoms with E-state index in [4.69, 9.17) is 11.6 Å². The second-order valence-corrected chi connectivity index (χ2v) is 9.00. The smallest absolute Gasteiger partial charge is 0.0506 e. The Morgan fingerprint density at radius 3 is 2.93 bits per heavy atom. The Labute approximate surface area is 167 Å². The number of halogens is 1. The quantitative estimate of drug-likeness (QED) is 0.619. The van der Waals surface area contributed by atoms with E-state index in [9.17, 15) is 4.21 Å². The van der Waals surface area contributed by atoms with E-state index in [2.05, 4.69) is 34.6 Å². The SMILES string of the molecule is O=S(CCC1CC(c2cccc(Cl)c2)=CCN1)Cc1c[nH]c2ccccc12. The lowest BCUT2D eigenvalue weighted by atomic mass is 9.94. The lowest BCUT2D eigenvalue weighted by molar-refractivity contribution is 0.522. The van der Waals surface area contributed by atoms with E-state index in [0.29, 0.717) is 17.5 Å². The highest BCUT2D eigenvalue weighted by atomic mass is 35.5. The Hall–Kier alpha value is -1.88. The van der Waals surface area contributed by atoms with Crippen LogP contribution >= 0.6 is 11.6 Å². The average molecular weight is 399 g/mol. The molecule has 4 rings (SSSR count). The molecule has 2 unspecified atom stereocenters. The van der Waals surface area contributed by atoms with Gasteiger partial charge in [0, 0.05) is 51.3 Å². The largest absolute Gasteiger partial charge is 0.361 e. The minimum absolute atomic E-state index is 0.357. The maximum Gasteiger partial charge on any atom is 0.0506 e. The molecular formula is C22H23ClN2OS. The van der Waals surface area contributed by atoms with E-state index >= 15 is 0 Å². The van der Waals surface area contributed by atoms with Crippen LogP contribution in [0.5, 0.6) is 0 Å². The van der Waals surface area contributed by atoms with Crippen molar-refractivity contribution in [2.24, 2.45) is 0 Å². The lowest BCUT2D eigenvalue weighted by Crippen LogP contribution is -2.34. The van der Waals surface area contributed by atoms with Gasteiger partial charge >= 0.3 is 0 Å². The van der Waals surface area contributed by atoms with Gasteiger partial charge in [-0.2, -0.15) is 0 Å². The van der Waals surface area contributed by atoms with Crippen molar-refractivity contribution in [1.82, 2.24) is 10.3 Å². The third kappa shape index (κ3) is 4.52. The molecule has 0 saturated carbocycles. The summed E-state index contributed by atoms with van der Waals surface area (Å²) in [6, 6.07) is 16.6. The number of hydrogen-bond donors (Lipinski definition) is 2. The highest BCUT2D eigenvalue weighted by molar-refractivity contribution is 7.84. The second-order valence-electron chi connectivity index (χ2n) is 6.99. The topological polar surface area (TPSA) is 44.9 Å². The maximum atomic E-state index is 12.6. The lowest BCUT2D eigenvalue weighted by Gasteiger charge is -2.24. The first-order chi connectivity index (χ1) is 13.2. The predicted octanol–water partition coefficient (Wildman–Crippen LogP) is 4.91. The molecule has 2 atom stereocenters. The minimum Gasteiger partial charge on any atom is -0.361 e. The number of H-pyrrole nitrogens is 1. The third-order valence-electron chi connectivity index (χ3n) is 5.10. The summed E-state index contributed by atoms with van der Waals surface area (Å²) in [5.41, 5.74) is 4.76. The molecule has 5 heteroatoms. The number of hydrogen-bond acceptors (Lipinski definition) is 2. The first-order valence-electron chi connectivity index (χ1n) is 9.27. The van der Waals surface area contributed by atoms with Crippen LogP contribution in [-0.4, -0.2) is 27.5 Å². The van der Waals surface area contributed by atoms with Gasteiger partial charge in [0.05, 0.1) is 5.75 Å². The number of para-hydroxylation sites is 1. The fourth-order valence-electron chi connectivity index (χ4n) is 3.67. The monoisotopic (exact) mass is 398 g/mol. The molecule has 2 heterocycles. The van der Waals surface area contributed by atoms with Crippen molar-refractivity contribution in [2.45, 2.75) is 24.6 Å². The number of rotatable bonds is 6. The average Bonchev–Trinajstić information content (AvgIpc) is 3.10. The highest BCUT2D eigenvalue weighted by Crippen LogP contribution is 2.26. The molecule has 0 spiro atoms. The summed E-state index contributed by atoms with van der Waals surface area (Å²) >= 11 is 6.13. The number of aromatic amines is 1. The van der Waals surface area contributed by atoms with Crippen LogP contribution in [0.15, 0.2) is 60.8 Å². The van der Waals surface area contributed by atoms with Crippen LogP contribution in [0.2, 0.25) is 5.02 Å². The molecule has 2 aromatic carbocycles. The number of aromatic nitrogens is 1. The van der Waals surface area contributed by atoms with Crippen molar-refractivity contribution in [3.8, 4) is 0 Å². The Balaban J connectivity index is 1.33. The van der Waals surface area contributed by atoms with Crippen molar-refractivity contribution < 1.29 is 4.21 Å². The zero-order chi connectivity index (χ0) is 18.6. The fourth-order valence-corrected chi connectivity index (χ4v) is 5.14. The third-order valence-corrected chi connectivity index (χ3v) is 6.66. The van der Waals surface area contributed by atoms with Gasteiger partial charge in [-0.15, -0.1) is 0 Å². The second kappa shape index (κ2) is 8.42. The van der Waals surface area contributed by atoms with Crippen LogP contribution in [0.25, 0.3) is 16.5 Å². The summed E-state index contributed by atoms with van der Waals surface area (Å²) in [6.45, 7) is 0.849. The predicted molar refractivity (Wildman–Crippen MR) is 115 cm³/mol. The summed E-state index contributed by atoms with van der Waals surface area (Å²) in [6.07, 6.45) is 6.07. The van der Waals surface area contributed by atoms with E-state index in [-0.39, 0.29) is 0 Å². The molecule has 3 aromatic rings.